The van der Waals surface area contributed by atoms with Crippen LogP contribution in [0, 0.1) is 10.1 Å². The lowest BCUT2D eigenvalue weighted by Gasteiger charge is -2.15. The second-order valence-electron chi connectivity index (χ2n) is 5.61. The molecule has 1 atom stereocenters. The molecule has 2 aromatic carbocycles. The van der Waals surface area contributed by atoms with Crippen LogP contribution < -0.4 is 10.1 Å². The van der Waals surface area contributed by atoms with Crippen LogP contribution in [-0.2, 0) is 20.7 Å². The summed E-state index contributed by atoms with van der Waals surface area (Å²) in [5, 5.41) is 22.6. The molecule has 0 radical (unpaired) electrons. The number of hydrogen-bond donors (Lipinski definition) is 2. The number of phenols is 1. The third kappa shape index (κ3) is 5.43. The fraction of sp³-hybridized carbons (Fsp3) is 0.222. The number of nitro groups is 1. The van der Waals surface area contributed by atoms with Crippen LogP contribution in [0.1, 0.15) is 12.5 Å². The first kappa shape index (κ1) is 19.7. The van der Waals surface area contributed by atoms with Gasteiger partial charge in [0.25, 0.3) is 11.6 Å². The number of carbonyl (C=O) groups is 2. The lowest BCUT2D eigenvalue weighted by Crippen LogP contribution is -2.30. The van der Waals surface area contributed by atoms with Gasteiger partial charge in [-0.25, -0.2) is 0 Å². The third-order valence-electron chi connectivity index (χ3n) is 3.61. The van der Waals surface area contributed by atoms with Gasteiger partial charge in [0, 0.05) is 12.1 Å². The molecular weight excluding hydrogens is 356 g/mol. The van der Waals surface area contributed by atoms with Gasteiger partial charge in [-0.05, 0) is 30.7 Å². The first-order valence-electron chi connectivity index (χ1n) is 7.91. The fourth-order valence-electron chi connectivity index (χ4n) is 2.21. The molecular formula is C18H18N2O7. The number of nitro benzene ring substituents is 1. The smallest absolute Gasteiger partial charge is 0.311 e. The Labute approximate surface area is 154 Å². The fourth-order valence-corrected chi connectivity index (χ4v) is 2.21. The Balaban J connectivity index is 2.00. The molecule has 27 heavy (non-hydrogen) atoms. The van der Waals surface area contributed by atoms with Crippen molar-refractivity contribution in [3.8, 4) is 11.5 Å². The molecule has 0 saturated carbocycles. The summed E-state index contributed by atoms with van der Waals surface area (Å²) in [7, 11) is 1.36. The molecule has 2 N–H and O–H groups in total. The van der Waals surface area contributed by atoms with Crippen LogP contribution in [0.15, 0.2) is 42.5 Å². The van der Waals surface area contributed by atoms with Crippen LogP contribution in [-0.4, -0.2) is 35.1 Å². The maximum absolute atomic E-state index is 12.2. The standard InChI is InChI=1S/C18H18N2O7/c1-11(27-17(22)9-12-3-6-14(21)7-4-12)18(23)19-15-10-13(20(24)25)5-8-16(15)26-2/h3-8,10-11,21H,9H2,1-2H3,(H,19,23)/t11-/m0/s1. The Morgan fingerprint density at radius 1 is 1.22 bits per heavy atom. The summed E-state index contributed by atoms with van der Waals surface area (Å²) in [4.78, 5) is 34.5. The van der Waals surface area contributed by atoms with Gasteiger partial charge in [0.05, 0.1) is 24.1 Å². The van der Waals surface area contributed by atoms with Gasteiger partial charge in [-0.15, -0.1) is 0 Å². The summed E-state index contributed by atoms with van der Waals surface area (Å²) in [5.41, 5.74) is 0.493. The Bertz CT molecular complexity index is 849. The summed E-state index contributed by atoms with van der Waals surface area (Å²) in [6.07, 6.45) is -1.20. The SMILES string of the molecule is COc1ccc([N+](=O)[O-])cc1NC(=O)[C@H](C)OC(=O)Cc1ccc(O)cc1. The van der Waals surface area contributed by atoms with Gasteiger partial charge in [-0.1, -0.05) is 12.1 Å². The topological polar surface area (TPSA) is 128 Å². The van der Waals surface area contributed by atoms with Crippen LogP contribution in [0.3, 0.4) is 0 Å². The number of benzene rings is 2. The second kappa shape index (κ2) is 8.65. The summed E-state index contributed by atoms with van der Waals surface area (Å²) in [6, 6.07) is 9.76. The zero-order valence-corrected chi connectivity index (χ0v) is 14.7. The number of nitrogens with zero attached hydrogens (tertiary/aromatic N) is 1. The van der Waals surface area contributed by atoms with Crippen molar-refractivity contribution in [1.29, 1.82) is 0 Å². The Morgan fingerprint density at radius 2 is 1.89 bits per heavy atom. The molecule has 0 aliphatic heterocycles. The molecule has 0 bridgehead atoms. The maximum Gasteiger partial charge on any atom is 0.311 e. The minimum Gasteiger partial charge on any atom is -0.508 e. The highest BCUT2D eigenvalue weighted by Crippen LogP contribution is 2.29. The molecule has 9 heteroatoms. The first-order valence-corrected chi connectivity index (χ1v) is 7.91. The van der Waals surface area contributed by atoms with E-state index < -0.39 is 22.9 Å². The largest absolute Gasteiger partial charge is 0.508 e. The number of methoxy groups -OCH3 is 1. The number of hydrogen-bond acceptors (Lipinski definition) is 7. The van der Waals surface area contributed by atoms with Crippen molar-refractivity contribution in [3.05, 3.63) is 58.1 Å². The molecule has 0 spiro atoms. The molecule has 2 aromatic rings. The average Bonchev–Trinajstić information content (AvgIpc) is 2.63. The Hall–Kier alpha value is -3.62. The molecule has 0 unspecified atom stereocenters. The van der Waals surface area contributed by atoms with Crippen LogP contribution in [0.5, 0.6) is 11.5 Å². The molecule has 0 aliphatic carbocycles. The van der Waals surface area contributed by atoms with E-state index in [1.165, 1.54) is 38.3 Å². The highest BCUT2D eigenvalue weighted by molar-refractivity contribution is 5.96. The number of anilines is 1. The van der Waals surface area contributed by atoms with Crippen molar-refractivity contribution in [2.75, 3.05) is 12.4 Å². The van der Waals surface area contributed by atoms with E-state index in [1.54, 1.807) is 12.1 Å². The summed E-state index contributed by atoms with van der Waals surface area (Å²) >= 11 is 0. The molecule has 0 aromatic heterocycles. The molecule has 0 heterocycles. The predicted molar refractivity (Wildman–Crippen MR) is 95.6 cm³/mol. The van der Waals surface area contributed by atoms with E-state index >= 15 is 0 Å². The molecule has 2 rings (SSSR count). The number of carbonyl (C=O) groups excluding carboxylic acids is 2. The van der Waals surface area contributed by atoms with Gasteiger partial charge in [-0.2, -0.15) is 0 Å². The van der Waals surface area contributed by atoms with Gasteiger partial charge >= 0.3 is 5.97 Å². The maximum atomic E-state index is 12.2. The number of non-ortho nitro benzene ring substituents is 1. The summed E-state index contributed by atoms with van der Waals surface area (Å²) in [5.74, 6) is -0.982. The minimum absolute atomic E-state index is 0.0714. The molecule has 1 amide bonds. The average molecular weight is 374 g/mol. The monoisotopic (exact) mass is 374 g/mol. The van der Waals surface area contributed by atoms with Gasteiger partial charge < -0.3 is 19.9 Å². The quantitative estimate of drug-likeness (QED) is 0.433. The van der Waals surface area contributed by atoms with Gasteiger partial charge in [-0.3, -0.25) is 19.7 Å². The van der Waals surface area contributed by atoms with Crippen LogP contribution in [0.2, 0.25) is 0 Å². The van der Waals surface area contributed by atoms with E-state index in [9.17, 15) is 24.8 Å². The van der Waals surface area contributed by atoms with Crippen molar-refractivity contribution in [2.24, 2.45) is 0 Å². The number of phenolic OH excluding ortho intramolecular Hbond substituents is 1. The molecule has 0 fully saturated rings. The van der Waals surface area contributed by atoms with Gasteiger partial charge in [0.1, 0.15) is 11.5 Å². The zero-order valence-electron chi connectivity index (χ0n) is 14.7. The van der Waals surface area contributed by atoms with E-state index in [4.69, 9.17) is 9.47 Å². The normalized spacial score (nSPS) is 11.3. The first-order chi connectivity index (χ1) is 12.8. The lowest BCUT2D eigenvalue weighted by molar-refractivity contribution is -0.384. The van der Waals surface area contributed by atoms with Crippen molar-refractivity contribution < 1.29 is 29.1 Å². The minimum atomic E-state index is -1.13. The number of aromatic hydroxyl groups is 1. The van der Waals surface area contributed by atoms with E-state index in [1.807, 2.05) is 0 Å². The van der Waals surface area contributed by atoms with E-state index in [2.05, 4.69) is 5.32 Å². The number of rotatable bonds is 7. The number of ether oxygens (including phenoxy) is 2. The number of esters is 1. The van der Waals surface area contributed by atoms with Gasteiger partial charge in [0.15, 0.2) is 6.10 Å². The summed E-state index contributed by atoms with van der Waals surface area (Å²) < 4.78 is 10.1. The highest BCUT2D eigenvalue weighted by atomic mass is 16.6. The Morgan fingerprint density at radius 3 is 2.48 bits per heavy atom. The van der Waals surface area contributed by atoms with Crippen molar-refractivity contribution >= 4 is 23.3 Å². The number of nitrogens with one attached hydrogen (secondary N) is 1. The third-order valence-corrected chi connectivity index (χ3v) is 3.61. The van der Waals surface area contributed by atoms with Crippen LogP contribution >= 0.6 is 0 Å². The Kier molecular flexibility index (Phi) is 6.32. The van der Waals surface area contributed by atoms with E-state index in [0.29, 0.717) is 5.56 Å². The van der Waals surface area contributed by atoms with Crippen molar-refractivity contribution in [3.63, 3.8) is 0 Å². The molecule has 0 saturated heterocycles. The van der Waals surface area contributed by atoms with Crippen molar-refractivity contribution in [1.82, 2.24) is 0 Å². The molecule has 142 valence electrons. The lowest BCUT2D eigenvalue weighted by atomic mass is 10.1. The molecule has 9 nitrogen and oxygen atoms in total. The zero-order chi connectivity index (χ0) is 20.0. The van der Waals surface area contributed by atoms with E-state index in [0.717, 1.165) is 6.07 Å². The second-order valence-corrected chi connectivity index (χ2v) is 5.61. The van der Waals surface area contributed by atoms with Crippen molar-refractivity contribution in [2.45, 2.75) is 19.4 Å². The van der Waals surface area contributed by atoms with Gasteiger partial charge in [0.2, 0.25) is 0 Å². The molecule has 0 aliphatic rings. The summed E-state index contributed by atoms with van der Waals surface area (Å²) in [6.45, 7) is 1.38. The highest BCUT2D eigenvalue weighted by Gasteiger charge is 2.21. The predicted octanol–water partition coefficient (Wildman–Crippen LogP) is 2.42. The number of amides is 1. The van der Waals surface area contributed by atoms with E-state index in [-0.39, 0.29) is 29.3 Å². The van der Waals surface area contributed by atoms with Crippen LogP contribution in [0.25, 0.3) is 0 Å². The van der Waals surface area contributed by atoms with Crippen LogP contribution in [0.4, 0.5) is 11.4 Å².